The van der Waals surface area contributed by atoms with Crippen LogP contribution in [0.25, 0.3) is 0 Å². The zero-order valence-electron chi connectivity index (χ0n) is 9.37. The molecule has 1 aliphatic heterocycles. The predicted molar refractivity (Wildman–Crippen MR) is 70.0 cm³/mol. The Morgan fingerprint density at radius 2 is 2.35 bits per heavy atom. The number of aromatic hydroxyl groups is 1. The molecule has 1 aromatic rings. The molecule has 1 aliphatic rings. The van der Waals surface area contributed by atoms with Gasteiger partial charge in [0.05, 0.1) is 11.6 Å². The molecule has 0 aromatic heterocycles. The van der Waals surface area contributed by atoms with Gasteiger partial charge in [-0.1, -0.05) is 15.9 Å². The van der Waals surface area contributed by atoms with Crippen LogP contribution in [0, 0.1) is 5.92 Å². The van der Waals surface area contributed by atoms with Gasteiger partial charge < -0.3 is 15.7 Å². The number of carbonyl (C=O) groups excluding carboxylic acids is 1. The van der Waals surface area contributed by atoms with Crippen LogP contribution < -0.4 is 10.6 Å². The maximum absolute atomic E-state index is 12.0. The molecule has 3 N–H and O–H groups in total. The van der Waals surface area contributed by atoms with Gasteiger partial charge in [-0.05, 0) is 37.6 Å². The summed E-state index contributed by atoms with van der Waals surface area (Å²) >= 11 is 3.31. The number of nitrogens with one attached hydrogen (secondary N) is 2. The normalized spacial score (nSPS) is 19.9. The van der Waals surface area contributed by atoms with E-state index in [1.807, 2.05) is 0 Å². The smallest absolute Gasteiger partial charge is 0.228 e. The van der Waals surface area contributed by atoms with E-state index in [-0.39, 0.29) is 17.6 Å². The minimum absolute atomic E-state index is 0.0119. The molecule has 0 saturated carbocycles. The maximum atomic E-state index is 12.0. The van der Waals surface area contributed by atoms with Gasteiger partial charge in [0, 0.05) is 11.0 Å². The Labute approximate surface area is 109 Å². The molecule has 0 spiro atoms. The highest BCUT2D eigenvalue weighted by Gasteiger charge is 2.21. The van der Waals surface area contributed by atoms with Crippen LogP contribution in [0.3, 0.4) is 0 Å². The number of anilines is 1. The number of carbonyl (C=O) groups is 1. The van der Waals surface area contributed by atoms with Crippen LogP contribution in [0.2, 0.25) is 0 Å². The maximum Gasteiger partial charge on any atom is 0.228 e. The topological polar surface area (TPSA) is 61.4 Å². The average molecular weight is 299 g/mol. The number of halogens is 1. The highest BCUT2D eigenvalue weighted by Crippen LogP contribution is 2.27. The van der Waals surface area contributed by atoms with Crippen LogP contribution in [0.5, 0.6) is 5.75 Å². The first-order chi connectivity index (χ1) is 8.16. The minimum Gasteiger partial charge on any atom is -0.506 e. The number of rotatable bonds is 2. The van der Waals surface area contributed by atoms with Gasteiger partial charge in [0.1, 0.15) is 5.75 Å². The van der Waals surface area contributed by atoms with Crippen molar-refractivity contribution in [3.63, 3.8) is 0 Å². The van der Waals surface area contributed by atoms with E-state index >= 15 is 0 Å². The van der Waals surface area contributed by atoms with E-state index in [2.05, 4.69) is 26.6 Å². The molecule has 0 radical (unpaired) electrons. The largest absolute Gasteiger partial charge is 0.506 e. The summed E-state index contributed by atoms with van der Waals surface area (Å²) in [6.07, 6.45) is 1.91. The van der Waals surface area contributed by atoms with Crippen LogP contribution >= 0.6 is 15.9 Å². The number of phenolic OH excluding ortho intramolecular Hbond substituents is 1. The summed E-state index contributed by atoms with van der Waals surface area (Å²) in [6, 6.07) is 4.98. The summed E-state index contributed by atoms with van der Waals surface area (Å²) in [5, 5.41) is 15.6. The Morgan fingerprint density at radius 3 is 3.06 bits per heavy atom. The summed E-state index contributed by atoms with van der Waals surface area (Å²) in [6.45, 7) is 1.69. The van der Waals surface area contributed by atoms with Gasteiger partial charge in [-0.15, -0.1) is 0 Å². The summed E-state index contributed by atoms with van der Waals surface area (Å²) in [5.41, 5.74) is 0.454. The molecular formula is C12H15BrN2O2. The lowest BCUT2D eigenvalue weighted by atomic mass is 9.99. The van der Waals surface area contributed by atoms with Crippen molar-refractivity contribution < 1.29 is 9.90 Å². The fourth-order valence-corrected chi connectivity index (χ4v) is 2.28. The molecule has 4 nitrogen and oxygen atoms in total. The SMILES string of the molecule is O=C(Nc1cc(Br)ccc1O)[C@@H]1CCCNC1. The van der Waals surface area contributed by atoms with Crippen LogP contribution in [0.1, 0.15) is 12.8 Å². The molecule has 1 aromatic carbocycles. The van der Waals surface area contributed by atoms with Crippen molar-refractivity contribution in [3.8, 4) is 5.75 Å². The van der Waals surface area contributed by atoms with Crippen LogP contribution in [-0.2, 0) is 4.79 Å². The molecule has 0 aliphatic carbocycles. The second-order valence-corrected chi connectivity index (χ2v) is 5.11. The van der Waals surface area contributed by atoms with Crippen LogP contribution in [-0.4, -0.2) is 24.1 Å². The van der Waals surface area contributed by atoms with E-state index in [1.165, 1.54) is 0 Å². The zero-order chi connectivity index (χ0) is 12.3. The first-order valence-corrected chi connectivity index (χ1v) is 6.46. The standard InChI is InChI=1S/C12H15BrN2O2/c13-9-3-4-11(16)10(6-9)15-12(17)8-2-1-5-14-7-8/h3-4,6,8,14,16H,1-2,5,7H2,(H,15,17)/t8-/m1/s1. The summed E-state index contributed by atoms with van der Waals surface area (Å²) in [5.74, 6) is 0.0399. The fraction of sp³-hybridized carbons (Fsp3) is 0.417. The van der Waals surface area contributed by atoms with Crippen molar-refractivity contribution in [2.24, 2.45) is 5.92 Å². The van der Waals surface area contributed by atoms with E-state index < -0.39 is 0 Å². The quantitative estimate of drug-likeness (QED) is 0.733. The molecule has 0 unspecified atom stereocenters. The molecule has 1 amide bonds. The predicted octanol–water partition coefficient (Wildman–Crippen LogP) is 2.09. The molecule has 17 heavy (non-hydrogen) atoms. The first kappa shape index (κ1) is 12.4. The minimum atomic E-state index is -0.0365. The molecule has 1 atom stereocenters. The molecule has 1 heterocycles. The Kier molecular flexibility index (Phi) is 4.02. The van der Waals surface area contributed by atoms with Crippen molar-refractivity contribution in [3.05, 3.63) is 22.7 Å². The van der Waals surface area contributed by atoms with Gasteiger partial charge >= 0.3 is 0 Å². The highest BCUT2D eigenvalue weighted by molar-refractivity contribution is 9.10. The van der Waals surface area contributed by atoms with Crippen molar-refractivity contribution in [2.75, 3.05) is 18.4 Å². The van der Waals surface area contributed by atoms with Crippen molar-refractivity contribution in [1.29, 1.82) is 0 Å². The summed E-state index contributed by atoms with van der Waals surface area (Å²) in [7, 11) is 0. The van der Waals surface area contributed by atoms with Crippen LogP contribution in [0.4, 0.5) is 5.69 Å². The summed E-state index contributed by atoms with van der Waals surface area (Å²) in [4.78, 5) is 12.0. The van der Waals surface area contributed by atoms with Gasteiger partial charge in [-0.3, -0.25) is 4.79 Å². The number of phenols is 1. The van der Waals surface area contributed by atoms with Gasteiger partial charge in [-0.25, -0.2) is 0 Å². The number of piperidine rings is 1. The van der Waals surface area contributed by atoms with E-state index in [4.69, 9.17) is 0 Å². The second kappa shape index (κ2) is 5.51. The molecule has 2 rings (SSSR count). The summed E-state index contributed by atoms with van der Waals surface area (Å²) < 4.78 is 0.826. The van der Waals surface area contributed by atoms with Crippen molar-refractivity contribution in [1.82, 2.24) is 5.32 Å². The molecular weight excluding hydrogens is 284 g/mol. The van der Waals surface area contributed by atoms with E-state index in [0.29, 0.717) is 12.2 Å². The monoisotopic (exact) mass is 298 g/mol. The lowest BCUT2D eigenvalue weighted by Gasteiger charge is -2.22. The lowest BCUT2D eigenvalue weighted by Crippen LogP contribution is -2.37. The van der Waals surface area contributed by atoms with E-state index in [9.17, 15) is 9.90 Å². The number of benzene rings is 1. The molecule has 5 heteroatoms. The van der Waals surface area contributed by atoms with Crippen molar-refractivity contribution >= 4 is 27.5 Å². The zero-order valence-corrected chi connectivity index (χ0v) is 11.0. The Balaban J connectivity index is 2.04. The van der Waals surface area contributed by atoms with Crippen LogP contribution in [0.15, 0.2) is 22.7 Å². The molecule has 1 fully saturated rings. The average Bonchev–Trinajstić information content (AvgIpc) is 2.35. The van der Waals surface area contributed by atoms with Gasteiger partial charge in [0.15, 0.2) is 0 Å². The third kappa shape index (κ3) is 3.20. The van der Waals surface area contributed by atoms with E-state index in [1.54, 1.807) is 18.2 Å². The molecule has 0 bridgehead atoms. The number of amides is 1. The number of hydrogen-bond acceptors (Lipinski definition) is 3. The third-order valence-corrected chi connectivity index (χ3v) is 3.38. The van der Waals surface area contributed by atoms with Crippen molar-refractivity contribution in [2.45, 2.75) is 12.8 Å². The Bertz CT molecular complexity index is 417. The van der Waals surface area contributed by atoms with Gasteiger partial charge in [-0.2, -0.15) is 0 Å². The van der Waals surface area contributed by atoms with Gasteiger partial charge in [0.2, 0.25) is 5.91 Å². The number of hydrogen-bond donors (Lipinski definition) is 3. The second-order valence-electron chi connectivity index (χ2n) is 4.19. The van der Waals surface area contributed by atoms with Gasteiger partial charge in [0.25, 0.3) is 0 Å². The lowest BCUT2D eigenvalue weighted by molar-refractivity contribution is -0.120. The van der Waals surface area contributed by atoms with E-state index in [0.717, 1.165) is 23.9 Å². The third-order valence-electron chi connectivity index (χ3n) is 2.88. The first-order valence-electron chi connectivity index (χ1n) is 5.67. The fourth-order valence-electron chi connectivity index (χ4n) is 1.92. The molecule has 92 valence electrons. The Morgan fingerprint density at radius 1 is 1.53 bits per heavy atom. The molecule has 1 saturated heterocycles. The highest BCUT2D eigenvalue weighted by atomic mass is 79.9. The Hall–Kier alpha value is -1.07.